The number of carbonyl (C=O) groups is 1. The first kappa shape index (κ1) is 14.9. The minimum Gasteiger partial charge on any atom is -0.349 e. The molecule has 0 unspecified atom stereocenters. The van der Waals surface area contributed by atoms with Crippen LogP contribution in [0.3, 0.4) is 0 Å². The van der Waals surface area contributed by atoms with Gasteiger partial charge in [-0.3, -0.25) is 9.36 Å². The van der Waals surface area contributed by atoms with E-state index >= 15 is 0 Å². The molecule has 3 aromatic heterocycles. The maximum Gasteiger partial charge on any atom is 0.270 e. The zero-order valence-corrected chi connectivity index (χ0v) is 13.0. The fraction of sp³-hybridized carbons (Fsp3) is 0.267. The molecule has 0 saturated carbocycles. The Morgan fingerprint density at radius 1 is 1.17 bits per heavy atom. The molecular weight excluding hydrogens is 294 g/mol. The summed E-state index contributed by atoms with van der Waals surface area (Å²) in [6, 6.07) is 5.24. The van der Waals surface area contributed by atoms with Crippen LogP contribution >= 0.6 is 0 Å². The highest BCUT2D eigenvalue weighted by Crippen LogP contribution is 2.05. The van der Waals surface area contributed by atoms with Crippen molar-refractivity contribution in [2.45, 2.75) is 20.4 Å². The molecule has 23 heavy (non-hydrogen) atoms. The Labute approximate surface area is 133 Å². The quantitative estimate of drug-likeness (QED) is 0.756. The number of carbonyl (C=O) groups excluding carboxylic acids is 1. The van der Waals surface area contributed by atoms with Crippen molar-refractivity contribution < 1.29 is 4.79 Å². The number of hydrogen-bond acceptors (Lipinski definition) is 5. The lowest BCUT2D eigenvalue weighted by molar-refractivity contribution is 0.0947. The van der Waals surface area contributed by atoms with E-state index in [0.29, 0.717) is 24.6 Å². The van der Waals surface area contributed by atoms with Gasteiger partial charge in [-0.15, -0.1) is 10.2 Å². The third-order valence-electron chi connectivity index (χ3n) is 3.63. The SMILES string of the molecule is Cc1ncn(CCNC(=O)c2cccc(-n3cnnc3)n2)c1C. The molecule has 0 bridgehead atoms. The number of aromatic nitrogens is 6. The summed E-state index contributed by atoms with van der Waals surface area (Å²) in [7, 11) is 0. The summed E-state index contributed by atoms with van der Waals surface area (Å²) in [5, 5.41) is 10.3. The zero-order valence-electron chi connectivity index (χ0n) is 13.0. The first-order valence-electron chi connectivity index (χ1n) is 7.24. The lowest BCUT2D eigenvalue weighted by atomic mass is 10.3. The van der Waals surface area contributed by atoms with Crippen molar-refractivity contribution in [2.75, 3.05) is 6.54 Å². The Balaban J connectivity index is 1.62. The number of nitrogens with zero attached hydrogens (tertiary/aromatic N) is 6. The molecule has 3 heterocycles. The van der Waals surface area contributed by atoms with E-state index in [0.717, 1.165) is 11.4 Å². The standard InChI is InChI=1S/C15H17N7O/c1-11-12(2)21(8-17-11)7-6-16-15(23)13-4-3-5-14(20-13)22-9-18-19-10-22/h3-5,8-10H,6-7H2,1-2H3,(H,16,23). The number of hydrogen-bond donors (Lipinski definition) is 1. The predicted molar refractivity (Wildman–Crippen MR) is 83.2 cm³/mol. The number of rotatable bonds is 5. The molecule has 8 nitrogen and oxygen atoms in total. The largest absolute Gasteiger partial charge is 0.349 e. The average Bonchev–Trinajstić information content (AvgIpc) is 3.20. The van der Waals surface area contributed by atoms with E-state index in [9.17, 15) is 4.79 Å². The highest BCUT2D eigenvalue weighted by atomic mass is 16.1. The molecule has 3 aromatic rings. The van der Waals surface area contributed by atoms with Gasteiger partial charge in [0.1, 0.15) is 24.2 Å². The van der Waals surface area contributed by atoms with Gasteiger partial charge in [0.25, 0.3) is 5.91 Å². The first-order chi connectivity index (χ1) is 11.1. The summed E-state index contributed by atoms with van der Waals surface area (Å²) >= 11 is 0. The van der Waals surface area contributed by atoms with E-state index < -0.39 is 0 Å². The maximum atomic E-state index is 12.2. The van der Waals surface area contributed by atoms with Crippen LogP contribution in [-0.2, 0) is 6.54 Å². The fourth-order valence-corrected chi connectivity index (χ4v) is 2.16. The molecule has 0 radical (unpaired) electrons. The van der Waals surface area contributed by atoms with Crippen molar-refractivity contribution in [3.05, 3.63) is 54.3 Å². The van der Waals surface area contributed by atoms with Gasteiger partial charge in [-0.1, -0.05) is 6.07 Å². The van der Waals surface area contributed by atoms with E-state index in [1.807, 2.05) is 18.4 Å². The number of amides is 1. The summed E-state index contributed by atoms with van der Waals surface area (Å²) in [5.74, 6) is 0.387. The molecular formula is C15H17N7O. The van der Waals surface area contributed by atoms with Crippen molar-refractivity contribution in [3.63, 3.8) is 0 Å². The van der Waals surface area contributed by atoms with E-state index in [1.165, 1.54) is 12.7 Å². The minimum atomic E-state index is -0.214. The Morgan fingerprint density at radius 2 is 1.96 bits per heavy atom. The summed E-state index contributed by atoms with van der Waals surface area (Å²) in [5.41, 5.74) is 2.46. The van der Waals surface area contributed by atoms with Crippen molar-refractivity contribution in [1.82, 2.24) is 34.6 Å². The molecule has 118 valence electrons. The monoisotopic (exact) mass is 311 g/mol. The topological polar surface area (TPSA) is 90.5 Å². The van der Waals surface area contributed by atoms with Crippen LogP contribution in [-0.4, -0.2) is 41.8 Å². The van der Waals surface area contributed by atoms with Crippen LogP contribution in [0.1, 0.15) is 21.9 Å². The number of nitrogens with one attached hydrogen (secondary N) is 1. The van der Waals surface area contributed by atoms with Crippen molar-refractivity contribution in [1.29, 1.82) is 0 Å². The van der Waals surface area contributed by atoms with Gasteiger partial charge in [0.2, 0.25) is 0 Å². The molecule has 0 fully saturated rings. The van der Waals surface area contributed by atoms with Gasteiger partial charge in [0, 0.05) is 18.8 Å². The third kappa shape index (κ3) is 3.25. The van der Waals surface area contributed by atoms with Crippen molar-refractivity contribution >= 4 is 5.91 Å². The van der Waals surface area contributed by atoms with Gasteiger partial charge in [0.15, 0.2) is 0 Å². The second-order valence-corrected chi connectivity index (χ2v) is 5.11. The van der Waals surface area contributed by atoms with Gasteiger partial charge in [-0.25, -0.2) is 9.97 Å². The normalized spacial score (nSPS) is 10.7. The summed E-state index contributed by atoms with van der Waals surface area (Å²) in [6.45, 7) is 5.15. The Kier molecular flexibility index (Phi) is 4.13. The second kappa shape index (κ2) is 6.39. The molecule has 1 N–H and O–H groups in total. The van der Waals surface area contributed by atoms with E-state index in [1.54, 1.807) is 29.1 Å². The summed E-state index contributed by atoms with van der Waals surface area (Å²) in [4.78, 5) is 20.8. The van der Waals surface area contributed by atoms with Gasteiger partial charge >= 0.3 is 0 Å². The van der Waals surface area contributed by atoms with E-state index in [-0.39, 0.29) is 5.91 Å². The molecule has 0 aliphatic carbocycles. The molecule has 8 heteroatoms. The van der Waals surface area contributed by atoms with E-state index in [2.05, 4.69) is 25.5 Å². The Morgan fingerprint density at radius 3 is 2.65 bits per heavy atom. The molecule has 0 saturated heterocycles. The van der Waals surface area contributed by atoms with Gasteiger partial charge in [-0.2, -0.15) is 0 Å². The molecule has 0 aliphatic heterocycles. The molecule has 3 rings (SSSR count). The lowest BCUT2D eigenvalue weighted by Crippen LogP contribution is -2.28. The van der Waals surface area contributed by atoms with Gasteiger partial charge in [-0.05, 0) is 26.0 Å². The zero-order chi connectivity index (χ0) is 16.2. The minimum absolute atomic E-state index is 0.214. The Bertz CT molecular complexity index is 807. The highest BCUT2D eigenvalue weighted by Gasteiger charge is 2.09. The number of aryl methyl sites for hydroxylation is 1. The second-order valence-electron chi connectivity index (χ2n) is 5.11. The summed E-state index contributed by atoms with van der Waals surface area (Å²) in [6.07, 6.45) is 4.85. The average molecular weight is 311 g/mol. The van der Waals surface area contributed by atoms with E-state index in [4.69, 9.17) is 0 Å². The predicted octanol–water partition coefficient (Wildman–Crippen LogP) is 0.906. The third-order valence-corrected chi connectivity index (χ3v) is 3.63. The number of pyridine rings is 1. The highest BCUT2D eigenvalue weighted by molar-refractivity contribution is 5.92. The van der Waals surface area contributed by atoms with Crippen LogP contribution in [0.15, 0.2) is 37.2 Å². The van der Waals surface area contributed by atoms with Crippen LogP contribution in [0.4, 0.5) is 0 Å². The van der Waals surface area contributed by atoms with Crippen LogP contribution in [0.25, 0.3) is 5.82 Å². The molecule has 1 amide bonds. The van der Waals surface area contributed by atoms with Crippen LogP contribution in [0.5, 0.6) is 0 Å². The van der Waals surface area contributed by atoms with Crippen LogP contribution in [0, 0.1) is 13.8 Å². The smallest absolute Gasteiger partial charge is 0.270 e. The fourth-order valence-electron chi connectivity index (χ4n) is 2.16. The first-order valence-corrected chi connectivity index (χ1v) is 7.24. The molecule has 0 spiro atoms. The van der Waals surface area contributed by atoms with Gasteiger partial charge in [0.05, 0.1) is 12.0 Å². The maximum absolute atomic E-state index is 12.2. The Hall–Kier alpha value is -3.03. The van der Waals surface area contributed by atoms with Crippen molar-refractivity contribution in [3.8, 4) is 5.82 Å². The van der Waals surface area contributed by atoms with Crippen LogP contribution < -0.4 is 5.32 Å². The molecule has 0 aromatic carbocycles. The molecule has 0 atom stereocenters. The number of imidazole rings is 1. The summed E-state index contributed by atoms with van der Waals surface area (Å²) < 4.78 is 3.66. The lowest BCUT2D eigenvalue weighted by Gasteiger charge is -2.08. The van der Waals surface area contributed by atoms with Crippen LogP contribution in [0.2, 0.25) is 0 Å². The molecule has 0 aliphatic rings. The van der Waals surface area contributed by atoms with Gasteiger partial charge < -0.3 is 9.88 Å². The van der Waals surface area contributed by atoms with Crippen molar-refractivity contribution in [2.24, 2.45) is 0 Å².